The molecule has 1 heteroatoms. The lowest BCUT2D eigenvalue weighted by molar-refractivity contribution is 1.37. The molecule has 0 rings (SSSR count). The van der Waals surface area contributed by atoms with Gasteiger partial charge in [-0.1, -0.05) is 35.9 Å². The number of allylic oxidation sites excluding steroid dienone is 6. The van der Waals surface area contributed by atoms with Crippen molar-refractivity contribution in [2.24, 2.45) is 0 Å². The first-order valence-electron chi connectivity index (χ1n) is 3.40. The summed E-state index contributed by atoms with van der Waals surface area (Å²) in [7, 11) is 0. The summed E-state index contributed by atoms with van der Waals surface area (Å²) in [5.41, 5.74) is 0. The van der Waals surface area contributed by atoms with Gasteiger partial charge in [-0.25, -0.2) is 0 Å². The van der Waals surface area contributed by atoms with E-state index in [1.165, 1.54) is 0 Å². The molecule has 0 amide bonds. The second-order valence-electron chi connectivity index (χ2n) is 1.88. The van der Waals surface area contributed by atoms with E-state index in [0.717, 1.165) is 11.5 Å². The van der Waals surface area contributed by atoms with E-state index in [1.807, 2.05) is 38.2 Å². The first-order chi connectivity index (χ1) is 4.81. The highest BCUT2D eigenvalue weighted by Crippen LogP contribution is 2.02. The predicted molar refractivity (Wildman–Crippen MR) is 48.2 cm³/mol. The van der Waals surface area contributed by atoms with Gasteiger partial charge in [-0.3, -0.25) is 0 Å². The molecular weight excluding hydrogens is 144 g/mol. The second kappa shape index (κ2) is 6.63. The quantitative estimate of drug-likeness (QED) is 0.432. The molecule has 0 spiro atoms. The zero-order valence-corrected chi connectivity index (χ0v) is 7.23. The Morgan fingerprint density at radius 2 is 2.00 bits per heavy atom. The Labute approximate surface area is 67.9 Å². The summed E-state index contributed by atoms with van der Waals surface area (Å²) in [4.78, 5) is 0. The Balaban J connectivity index is 3.56. The van der Waals surface area contributed by atoms with Crippen LogP contribution in [0.1, 0.15) is 20.3 Å². The van der Waals surface area contributed by atoms with Crippen LogP contribution in [0.15, 0.2) is 35.4 Å². The molecule has 0 unspecified atom stereocenters. The standard InChI is InChI=1S/C9H13Cl/c1-3-5-6-7-8-9(10)4-2/h3-5,7-8H,6H2,1-2H3/b5-3-,8-7?,9-4-. The van der Waals surface area contributed by atoms with E-state index in [0.29, 0.717) is 0 Å². The first kappa shape index (κ1) is 9.51. The van der Waals surface area contributed by atoms with Gasteiger partial charge < -0.3 is 0 Å². The Kier molecular flexibility index (Phi) is 6.30. The van der Waals surface area contributed by atoms with Crippen molar-refractivity contribution in [1.82, 2.24) is 0 Å². The van der Waals surface area contributed by atoms with E-state index < -0.39 is 0 Å². The number of halogens is 1. The molecule has 0 aromatic heterocycles. The average Bonchev–Trinajstić information content (AvgIpc) is 1.98. The lowest BCUT2D eigenvalue weighted by Crippen LogP contribution is -1.60. The van der Waals surface area contributed by atoms with Gasteiger partial charge in [-0.05, 0) is 26.3 Å². The van der Waals surface area contributed by atoms with E-state index in [9.17, 15) is 0 Å². The minimum absolute atomic E-state index is 0.796. The normalized spacial score (nSPS) is 13.7. The second-order valence-corrected chi connectivity index (χ2v) is 2.32. The van der Waals surface area contributed by atoms with E-state index in [2.05, 4.69) is 6.08 Å². The van der Waals surface area contributed by atoms with Crippen LogP contribution < -0.4 is 0 Å². The Morgan fingerprint density at radius 3 is 2.50 bits per heavy atom. The maximum absolute atomic E-state index is 5.69. The number of hydrogen-bond acceptors (Lipinski definition) is 0. The third kappa shape index (κ3) is 5.64. The summed E-state index contributed by atoms with van der Waals surface area (Å²) in [5.74, 6) is 0. The molecule has 0 aliphatic rings. The van der Waals surface area contributed by atoms with Gasteiger partial charge in [0.15, 0.2) is 0 Å². The summed E-state index contributed by atoms with van der Waals surface area (Å²) in [6, 6.07) is 0. The molecule has 0 fully saturated rings. The third-order valence-corrected chi connectivity index (χ3v) is 1.40. The van der Waals surface area contributed by atoms with Crippen LogP contribution in [-0.4, -0.2) is 0 Å². The fourth-order valence-electron chi connectivity index (χ4n) is 0.492. The molecule has 56 valence electrons. The van der Waals surface area contributed by atoms with Crippen molar-refractivity contribution in [3.05, 3.63) is 35.4 Å². The summed E-state index contributed by atoms with van der Waals surface area (Å²) in [5, 5.41) is 0.796. The van der Waals surface area contributed by atoms with Crippen LogP contribution in [0.5, 0.6) is 0 Å². The number of hydrogen-bond donors (Lipinski definition) is 0. The molecule has 0 heterocycles. The van der Waals surface area contributed by atoms with E-state index in [-0.39, 0.29) is 0 Å². The molecule has 0 aromatic carbocycles. The van der Waals surface area contributed by atoms with Crippen LogP contribution in [0.2, 0.25) is 0 Å². The highest BCUT2D eigenvalue weighted by atomic mass is 35.5. The summed E-state index contributed by atoms with van der Waals surface area (Å²) < 4.78 is 0. The molecule has 0 saturated carbocycles. The van der Waals surface area contributed by atoms with Gasteiger partial charge in [0.2, 0.25) is 0 Å². The fourth-order valence-corrected chi connectivity index (χ4v) is 0.581. The SMILES string of the molecule is C/C=C\CC=C/C(Cl)=C/C. The van der Waals surface area contributed by atoms with Crippen LogP contribution in [0.4, 0.5) is 0 Å². The van der Waals surface area contributed by atoms with Crippen LogP contribution in [-0.2, 0) is 0 Å². The zero-order valence-electron chi connectivity index (χ0n) is 6.47. The van der Waals surface area contributed by atoms with Gasteiger partial charge in [0.05, 0.1) is 0 Å². The van der Waals surface area contributed by atoms with Crippen molar-refractivity contribution in [3.63, 3.8) is 0 Å². The van der Waals surface area contributed by atoms with Gasteiger partial charge in [-0.2, -0.15) is 0 Å². The van der Waals surface area contributed by atoms with Crippen molar-refractivity contribution in [2.45, 2.75) is 20.3 Å². The smallest absolute Gasteiger partial charge is 0.0360 e. The van der Waals surface area contributed by atoms with Crippen LogP contribution in [0.3, 0.4) is 0 Å². The lowest BCUT2D eigenvalue weighted by atomic mass is 10.3. The molecule has 0 saturated heterocycles. The van der Waals surface area contributed by atoms with Crippen molar-refractivity contribution < 1.29 is 0 Å². The predicted octanol–water partition coefficient (Wildman–Crippen LogP) is 3.65. The Bertz CT molecular complexity index is 152. The Morgan fingerprint density at radius 1 is 1.30 bits per heavy atom. The van der Waals surface area contributed by atoms with Gasteiger partial charge in [0.25, 0.3) is 0 Å². The van der Waals surface area contributed by atoms with Crippen LogP contribution >= 0.6 is 11.6 Å². The fraction of sp³-hybridized carbons (Fsp3) is 0.333. The molecule has 0 nitrogen and oxygen atoms in total. The van der Waals surface area contributed by atoms with Crippen LogP contribution in [0.25, 0.3) is 0 Å². The molecule has 0 aliphatic heterocycles. The van der Waals surface area contributed by atoms with Crippen LogP contribution in [0, 0.1) is 0 Å². The Hall–Kier alpha value is -0.490. The molecule has 0 aliphatic carbocycles. The third-order valence-electron chi connectivity index (χ3n) is 1.06. The van der Waals surface area contributed by atoms with Gasteiger partial charge in [-0.15, -0.1) is 0 Å². The molecule has 0 bridgehead atoms. The van der Waals surface area contributed by atoms with Gasteiger partial charge in [0, 0.05) is 5.03 Å². The average molecular weight is 157 g/mol. The summed E-state index contributed by atoms with van der Waals surface area (Å²) in [6.07, 6.45) is 10.9. The number of rotatable bonds is 3. The minimum atomic E-state index is 0.796. The zero-order chi connectivity index (χ0) is 7.82. The van der Waals surface area contributed by atoms with Crippen molar-refractivity contribution in [1.29, 1.82) is 0 Å². The maximum Gasteiger partial charge on any atom is 0.0360 e. The minimum Gasteiger partial charge on any atom is -0.0914 e. The summed E-state index contributed by atoms with van der Waals surface area (Å²) >= 11 is 5.69. The topological polar surface area (TPSA) is 0 Å². The highest BCUT2D eigenvalue weighted by molar-refractivity contribution is 6.31. The molecule has 0 aromatic rings. The van der Waals surface area contributed by atoms with Crippen molar-refractivity contribution in [3.8, 4) is 0 Å². The summed E-state index contributed by atoms with van der Waals surface area (Å²) in [6.45, 7) is 3.92. The molecular formula is C9H13Cl. The molecule has 0 radical (unpaired) electrons. The van der Waals surface area contributed by atoms with Gasteiger partial charge in [0.1, 0.15) is 0 Å². The van der Waals surface area contributed by atoms with Crippen molar-refractivity contribution >= 4 is 11.6 Å². The lowest BCUT2D eigenvalue weighted by Gasteiger charge is -1.83. The largest absolute Gasteiger partial charge is 0.0914 e. The highest BCUT2D eigenvalue weighted by Gasteiger charge is 1.77. The molecule has 10 heavy (non-hydrogen) atoms. The monoisotopic (exact) mass is 156 g/mol. The van der Waals surface area contributed by atoms with Gasteiger partial charge >= 0.3 is 0 Å². The van der Waals surface area contributed by atoms with E-state index in [4.69, 9.17) is 11.6 Å². The first-order valence-corrected chi connectivity index (χ1v) is 3.78. The van der Waals surface area contributed by atoms with E-state index >= 15 is 0 Å². The maximum atomic E-state index is 5.69. The molecule has 0 N–H and O–H groups in total. The van der Waals surface area contributed by atoms with E-state index in [1.54, 1.807) is 0 Å². The molecule has 0 atom stereocenters. The van der Waals surface area contributed by atoms with Crippen molar-refractivity contribution in [2.75, 3.05) is 0 Å².